The predicted octanol–water partition coefficient (Wildman–Crippen LogP) is 4.23. The number of amides is 1. The molecule has 3 heteroatoms. The van der Waals surface area contributed by atoms with Crippen molar-refractivity contribution in [2.24, 2.45) is 28.6 Å². The Kier molecular flexibility index (Phi) is 3.44. The first-order valence-corrected chi connectivity index (χ1v) is 9.99. The van der Waals surface area contributed by atoms with Gasteiger partial charge in [0.2, 0.25) is 5.91 Å². The molecule has 2 nitrogen and oxygen atoms in total. The molecule has 5 rings (SSSR count). The Labute approximate surface area is 137 Å². The lowest BCUT2D eigenvalue weighted by Crippen LogP contribution is -2.57. The van der Waals surface area contributed by atoms with Crippen molar-refractivity contribution in [3.8, 4) is 0 Å². The van der Waals surface area contributed by atoms with Crippen LogP contribution < -0.4 is 0 Å². The van der Waals surface area contributed by atoms with Gasteiger partial charge in [0.1, 0.15) is 0 Å². The van der Waals surface area contributed by atoms with Gasteiger partial charge in [-0.15, -0.1) is 0 Å². The second-order valence-electron chi connectivity index (χ2n) is 8.94. The minimum absolute atomic E-state index is 0.0438. The van der Waals surface area contributed by atoms with Gasteiger partial charge in [-0.2, -0.15) is 0 Å². The van der Waals surface area contributed by atoms with Crippen LogP contribution in [0.25, 0.3) is 0 Å². The van der Waals surface area contributed by atoms with Crippen molar-refractivity contribution in [1.82, 2.24) is 4.90 Å². The van der Waals surface area contributed by atoms with Crippen LogP contribution in [0.5, 0.6) is 0 Å². The molecule has 3 unspecified atom stereocenters. The van der Waals surface area contributed by atoms with Gasteiger partial charge in [-0.05, 0) is 74.5 Å². The van der Waals surface area contributed by atoms with Crippen LogP contribution in [0.15, 0.2) is 0 Å². The molecule has 5 fully saturated rings. The van der Waals surface area contributed by atoms with E-state index in [-0.39, 0.29) is 5.41 Å². The van der Waals surface area contributed by atoms with Gasteiger partial charge < -0.3 is 4.90 Å². The van der Waals surface area contributed by atoms with Crippen LogP contribution in [0.4, 0.5) is 0 Å². The van der Waals surface area contributed by atoms with Gasteiger partial charge in [-0.1, -0.05) is 22.9 Å². The molecule has 0 radical (unpaired) electrons. The van der Waals surface area contributed by atoms with E-state index in [4.69, 9.17) is 0 Å². The summed E-state index contributed by atoms with van der Waals surface area (Å²) >= 11 is 3.55. The summed E-state index contributed by atoms with van der Waals surface area (Å²) in [7, 11) is 0. The first-order valence-electron chi connectivity index (χ1n) is 8.87. The Morgan fingerprint density at radius 2 is 1.95 bits per heavy atom. The van der Waals surface area contributed by atoms with E-state index in [1.165, 1.54) is 51.4 Å². The maximum atomic E-state index is 13.3. The molecule has 4 aliphatic carbocycles. The van der Waals surface area contributed by atoms with Crippen LogP contribution in [0.1, 0.15) is 58.3 Å². The molecule has 0 N–H and O–H groups in total. The molecule has 1 heterocycles. The largest absolute Gasteiger partial charge is 0.342 e. The van der Waals surface area contributed by atoms with Crippen molar-refractivity contribution in [3.05, 3.63) is 0 Å². The van der Waals surface area contributed by atoms with Gasteiger partial charge in [0.05, 0.1) is 5.41 Å². The van der Waals surface area contributed by atoms with Gasteiger partial charge in [0, 0.05) is 18.4 Å². The van der Waals surface area contributed by atoms with E-state index < -0.39 is 0 Å². The Morgan fingerprint density at radius 3 is 2.57 bits per heavy atom. The number of hydrogen-bond acceptors (Lipinski definition) is 1. The molecule has 0 aromatic carbocycles. The van der Waals surface area contributed by atoms with Crippen LogP contribution in [0, 0.1) is 28.6 Å². The van der Waals surface area contributed by atoms with Crippen molar-refractivity contribution >= 4 is 21.8 Å². The summed E-state index contributed by atoms with van der Waals surface area (Å²) in [6.45, 7) is 4.51. The normalized spacial score (nSPS) is 48.1. The maximum Gasteiger partial charge on any atom is 0.228 e. The lowest BCUT2D eigenvalue weighted by atomic mass is 9.44. The predicted molar refractivity (Wildman–Crippen MR) is 88.3 cm³/mol. The number of carbonyl (C=O) groups is 1. The zero-order valence-electron chi connectivity index (χ0n) is 13.2. The molecule has 4 saturated carbocycles. The zero-order valence-corrected chi connectivity index (χ0v) is 14.8. The molecule has 118 valence electrons. The van der Waals surface area contributed by atoms with Crippen molar-refractivity contribution < 1.29 is 4.79 Å². The highest BCUT2D eigenvalue weighted by Crippen LogP contribution is 2.65. The summed E-state index contributed by atoms with van der Waals surface area (Å²) in [6, 6.07) is 0. The first kappa shape index (κ1) is 14.5. The highest BCUT2D eigenvalue weighted by atomic mass is 79.9. The number of rotatable bonds is 3. The minimum atomic E-state index is 0.0438. The van der Waals surface area contributed by atoms with Gasteiger partial charge in [0.25, 0.3) is 0 Å². The Balaban J connectivity index is 1.52. The molecule has 0 aromatic heterocycles. The second kappa shape index (κ2) is 4.97. The Morgan fingerprint density at radius 1 is 1.24 bits per heavy atom. The van der Waals surface area contributed by atoms with Crippen LogP contribution in [0.3, 0.4) is 0 Å². The summed E-state index contributed by atoms with van der Waals surface area (Å²) in [6.07, 6.45) is 10.2. The fourth-order valence-corrected chi connectivity index (χ4v) is 7.36. The van der Waals surface area contributed by atoms with Crippen LogP contribution in [0.2, 0.25) is 0 Å². The highest BCUT2D eigenvalue weighted by Gasteiger charge is 2.59. The van der Waals surface area contributed by atoms with Crippen LogP contribution >= 0.6 is 15.9 Å². The van der Waals surface area contributed by atoms with E-state index in [2.05, 4.69) is 27.8 Å². The van der Waals surface area contributed by atoms with E-state index in [9.17, 15) is 4.79 Å². The summed E-state index contributed by atoms with van der Waals surface area (Å²) < 4.78 is 0. The van der Waals surface area contributed by atoms with Gasteiger partial charge in [0.15, 0.2) is 0 Å². The molecule has 5 aliphatic rings. The molecular formula is C18H28BrNO. The fourth-order valence-electron chi connectivity index (χ4n) is 6.71. The standard InChI is InChI=1S/C18H28BrNO/c1-17-7-14-6-15(8-17)10-18(9-14,12-17)16(21)20-5-3-13(11-20)2-4-19/h13-15H,2-12H2,1H3. The van der Waals surface area contributed by atoms with Crippen molar-refractivity contribution in [2.75, 3.05) is 18.4 Å². The second-order valence-corrected chi connectivity index (χ2v) is 9.73. The first-order chi connectivity index (χ1) is 10.0. The van der Waals surface area contributed by atoms with Crippen molar-refractivity contribution in [2.45, 2.75) is 58.3 Å². The van der Waals surface area contributed by atoms with E-state index in [1.54, 1.807) is 0 Å². The molecule has 1 amide bonds. The molecule has 1 aliphatic heterocycles. The number of hydrogen-bond donors (Lipinski definition) is 0. The highest BCUT2D eigenvalue weighted by molar-refractivity contribution is 9.09. The molecule has 3 atom stereocenters. The summed E-state index contributed by atoms with van der Waals surface area (Å²) in [4.78, 5) is 15.5. The summed E-state index contributed by atoms with van der Waals surface area (Å²) in [5.41, 5.74) is 0.525. The van der Waals surface area contributed by atoms with Crippen LogP contribution in [-0.4, -0.2) is 29.2 Å². The summed E-state index contributed by atoms with van der Waals surface area (Å²) in [5, 5.41) is 1.08. The Bertz CT molecular complexity index is 434. The zero-order chi connectivity index (χ0) is 14.7. The molecular weight excluding hydrogens is 326 g/mol. The maximum absolute atomic E-state index is 13.3. The molecule has 0 spiro atoms. The number of halogens is 1. The third-order valence-electron chi connectivity index (χ3n) is 6.90. The molecule has 0 aromatic rings. The third kappa shape index (κ3) is 2.38. The topological polar surface area (TPSA) is 20.3 Å². The fraction of sp³-hybridized carbons (Fsp3) is 0.944. The van der Waals surface area contributed by atoms with E-state index in [0.717, 1.165) is 36.2 Å². The average molecular weight is 354 g/mol. The smallest absolute Gasteiger partial charge is 0.228 e. The molecule has 21 heavy (non-hydrogen) atoms. The van der Waals surface area contributed by atoms with Gasteiger partial charge in [-0.25, -0.2) is 0 Å². The number of carbonyl (C=O) groups excluding carboxylic acids is 1. The average Bonchev–Trinajstić information content (AvgIpc) is 2.84. The van der Waals surface area contributed by atoms with E-state index in [1.807, 2.05) is 0 Å². The minimum Gasteiger partial charge on any atom is -0.342 e. The van der Waals surface area contributed by atoms with Gasteiger partial charge >= 0.3 is 0 Å². The molecule has 4 bridgehead atoms. The SMILES string of the molecule is CC12CC3CC(C1)CC(C(=O)N1CCC(CCBr)C1)(C3)C2. The third-order valence-corrected chi connectivity index (χ3v) is 7.36. The van der Waals surface area contributed by atoms with Crippen molar-refractivity contribution in [3.63, 3.8) is 0 Å². The van der Waals surface area contributed by atoms with E-state index >= 15 is 0 Å². The van der Waals surface area contributed by atoms with Crippen molar-refractivity contribution in [1.29, 1.82) is 0 Å². The summed E-state index contributed by atoms with van der Waals surface area (Å²) in [5.74, 6) is 2.97. The molecule has 1 saturated heterocycles. The Hall–Kier alpha value is -0.0500. The van der Waals surface area contributed by atoms with E-state index in [0.29, 0.717) is 11.3 Å². The lowest BCUT2D eigenvalue weighted by molar-refractivity contribution is -0.165. The monoisotopic (exact) mass is 353 g/mol. The number of likely N-dealkylation sites (tertiary alicyclic amines) is 1. The number of nitrogens with zero attached hydrogens (tertiary/aromatic N) is 1. The quantitative estimate of drug-likeness (QED) is 0.695. The van der Waals surface area contributed by atoms with Crippen LogP contribution in [-0.2, 0) is 4.79 Å². The number of alkyl halides is 1. The lowest BCUT2D eigenvalue weighted by Gasteiger charge is -2.61. The van der Waals surface area contributed by atoms with Gasteiger partial charge in [-0.3, -0.25) is 4.79 Å².